The summed E-state index contributed by atoms with van der Waals surface area (Å²) in [5.41, 5.74) is 1.22. The molecule has 0 aromatic carbocycles. The van der Waals surface area contributed by atoms with Crippen LogP contribution in [0.1, 0.15) is 58.8 Å². The van der Waals surface area contributed by atoms with Crippen LogP contribution in [0.4, 0.5) is 0 Å². The van der Waals surface area contributed by atoms with Gasteiger partial charge >= 0.3 is 0 Å². The Kier molecular flexibility index (Phi) is 9.15. The molecule has 0 atom stereocenters. The molecule has 0 amide bonds. The summed E-state index contributed by atoms with van der Waals surface area (Å²) >= 11 is 0. The third-order valence-electron chi connectivity index (χ3n) is 2.43. The second kappa shape index (κ2) is 9.70. The van der Waals surface area contributed by atoms with E-state index in [1.807, 2.05) is 0 Å². The molecule has 0 aliphatic carbocycles. The van der Waals surface area contributed by atoms with Gasteiger partial charge in [-0.1, -0.05) is 37.8 Å². The lowest BCUT2D eigenvalue weighted by Crippen LogP contribution is -1.93. The van der Waals surface area contributed by atoms with Gasteiger partial charge in [0.05, 0.1) is 0 Å². The number of carbonyl (C=O) groups excluding carboxylic acids is 1. The molecule has 0 rings (SSSR count). The van der Waals surface area contributed by atoms with Gasteiger partial charge in [-0.3, -0.25) is 4.79 Å². The fraction of sp³-hybridized carbons (Fsp3) is 0.643. The first-order valence-corrected chi connectivity index (χ1v) is 6.01. The van der Waals surface area contributed by atoms with Gasteiger partial charge in [0.25, 0.3) is 0 Å². The Morgan fingerprint density at radius 3 is 2.53 bits per heavy atom. The van der Waals surface area contributed by atoms with Crippen LogP contribution in [0, 0.1) is 0 Å². The number of allylic oxidation sites excluding steroid dienone is 3. The molecule has 1 nitrogen and oxygen atoms in total. The summed E-state index contributed by atoms with van der Waals surface area (Å²) in [4.78, 5) is 11.4. The minimum absolute atomic E-state index is 0.239. The molecule has 0 unspecified atom stereocenters. The Labute approximate surface area is 94.3 Å². The van der Waals surface area contributed by atoms with Gasteiger partial charge in [-0.25, -0.2) is 0 Å². The third-order valence-corrected chi connectivity index (χ3v) is 2.43. The Bertz CT molecular complexity index is 213. The maximum absolute atomic E-state index is 11.4. The molecule has 0 spiro atoms. The number of carbonyl (C=O) groups is 1. The van der Waals surface area contributed by atoms with Crippen LogP contribution in [-0.4, -0.2) is 5.78 Å². The third kappa shape index (κ3) is 9.45. The van der Waals surface area contributed by atoms with Gasteiger partial charge in [0.1, 0.15) is 0 Å². The highest BCUT2D eigenvalue weighted by Gasteiger charge is 1.97. The molecule has 15 heavy (non-hydrogen) atoms. The predicted octanol–water partition coefficient (Wildman–Crippen LogP) is 4.44. The fourth-order valence-corrected chi connectivity index (χ4v) is 1.49. The SMILES string of the molecule is C=CCCC(=O)/C=C(\C)CCCCCC. The fourth-order valence-electron chi connectivity index (χ4n) is 1.49. The molecule has 0 fully saturated rings. The normalized spacial score (nSPS) is 11.5. The minimum Gasteiger partial charge on any atom is -0.295 e. The van der Waals surface area contributed by atoms with E-state index in [1.54, 1.807) is 12.2 Å². The highest BCUT2D eigenvalue weighted by atomic mass is 16.1. The van der Waals surface area contributed by atoms with Crippen molar-refractivity contribution in [3.8, 4) is 0 Å². The smallest absolute Gasteiger partial charge is 0.155 e. The molecule has 0 aromatic heterocycles. The van der Waals surface area contributed by atoms with Crippen molar-refractivity contribution in [1.82, 2.24) is 0 Å². The van der Waals surface area contributed by atoms with Crippen molar-refractivity contribution >= 4 is 5.78 Å². The molecule has 0 saturated carbocycles. The van der Waals surface area contributed by atoms with Crippen molar-refractivity contribution in [3.05, 3.63) is 24.3 Å². The van der Waals surface area contributed by atoms with Crippen LogP contribution in [-0.2, 0) is 4.79 Å². The maximum Gasteiger partial charge on any atom is 0.155 e. The maximum atomic E-state index is 11.4. The zero-order chi connectivity index (χ0) is 11.5. The van der Waals surface area contributed by atoms with E-state index in [2.05, 4.69) is 20.4 Å². The summed E-state index contributed by atoms with van der Waals surface area (Å²) in [7, 11) is 0. The largest absolute Gasteiger partial charge is 0.295 e. The first-order valence-electron chi connectivity index (χ1n) is 6.01. The van der Waals surface area contributed by atoms with Crippen molar-refractivity contribution in [1.29, 1.82) is 0 Å². The second-order valence-corrected chi connectivity index (χ2v) is 4.10. The molecule has 0 N–H and O–H groups in total. The lowest BCUT2D eigenvalue weighted by molar-refractivity contribution is -0.114. The first-order chi connectivity index (χ1) is 7.20. The van der Waals surface area contributed by atoms with Gasteiger partial charge in [-0.15, -0.1) is 6.58 Å². The molecule has 0 saturated heterocycles. The Morgan fingerprint density at radius 1 is 1.20 bits per heavy atom. The van der Waals surface area contributed by atoms with E-state index in [0.29, 0.717) is 6.42 Å². The monoisotopic (exact) mass is 208 g/mol. The van der Waals surface area contributed by atoms with Crippen LogP contribution in [0.25, 0.3) is 0 Å². The average Bonchev–Trinajstić information content (AvgIpc) is 2.21. The summed E-state index contributed by atoms with van der Waals surface area (Å²) in [6.07, 6.45) is 11.1. The highest BCUT2D eigenvalue weighted by molar-refractivity contribution is 5.90. The molecule has 0 aliphatic rings. The van der Waals surface area contributed by atoms with Crippen LogP contribution in [0.3, 0.4) is 0 Å². The Balaban J connectivity index is 3.66. The van der Waals surface area contributed by atoms with Crippen LogP contribution in [0.15, 0.2) is 24.3 Å². The van der Waals surface area contributed by atoms with Crippen LogP contribution < -0.4 is 0 Å². The number of rotatable bonds is 9. The van der Waals surface area contributed by atoms with E-state index in [1.165, 1.54) is 31.3 Å². The lowest BCUT2D eigenvalue weighted by atomic mass is 10.1. The van der Waals surface area contributed by atoms with E-state index in [9.17, 15) is 4.79 Å². The molecule has 0 radical (unpaired) electrons. The molecular formula is C14H24O. The van der Waals surface area contributed by atoms with Gasteiger partial charge in [0.15, 0.2) is 5.78 Å². The molecular weight excluding hydrogens is 184 g/mol. The summed E-state index contributed by atoms with van der Waals surface area (Å²) in [5.74, 6) is 0.239. The number of hydrogen-bond donors (Lipinski definition) is 0. The van der Waals surface area contributed by atoms with E-state index in [-0.39, 0.29) is 5.78 Å². The van der Waals surface area contributed by atoms with Gasteiger partial charge in [-0.05, 0) is 32.3 Å². The van der Waals surface area contributed by atoms with Crippen molar-refractivity contribution in [2.45, 2.75) is 58.8 Å². The lowest BCUT2D eigenvalue weighted by Gasteiger charge is -2.00. The van der Waals surface area contributed by atoms with Gasteiger partial charge in [0, 0.05) is 6.42 Å². The molecule has 86 valence electrons. The van der Waals surface area contributed by atoms with Crippen LogP contribution in [0.2, 0.25) is 0 Å². The van der Waals surface area contributed by atoms with E-state index in [0.717, 1.165) is 12.8 Å². The quantitative estimate of drug-likeness (QED) is 0.311. The topological polar surface area (TPSA) is 17.1 Å². The standard InChI is InChI=1S/C14H24O/c1-4-6-8-9-10-13(3)12-14(15)11-7-5-2/h5,12H,2,4,6-11H2,1,3H3/b13-12+. The predicted molar refractivity (Wildman–Crippen MR) is 67.0 cm³/mol. The zero-order valence-electron chi connectivity index (χ0n) is 10.2. The molecule has 0 heterocycles. The summed E-state index contributed by atoms with van der Waals surface area (Å²) in [6, 6.07) is 0. The Hall–Kier alpha value is -0.850. The van der Waals surface area contributed by atoms with Crippen molar-refractivity contribution in [3.63, 3.8) is 0 Å². The van der Waals surface area contributed by atoms with Crippen molar-refractivity contribution < 1.29 is 4.79 Å². The summed E-state index contributed by atoms with van der Waals surface area (Å²) < 4.78 is 0. The second-order valence-electron chi connectivity index (χ2n) is 4.10. The van der Waals surface area contributed by atoms with Crippen LogP contribution in [0.5, 0.6) is 0 Å². The molecule has 1 heteroatoms. The average molecular weight is 208 g/mol. The van der Waals surface area contributed by atoms with Gasteiger partial charge < -0.3 is 0 Å². The molecule has 0 aliphatic heterocycles. The van der Waals surface area contributed by atoms with E-state index in [4.69, 9.17) is 0 Å². The summed E-state index contributed by atoms with van der Waals surface area (Å²) in [6.45, 7) is 7.87. The first kappa shape index (κ1) is 14.2. The minimum atomic E-state index is 0.239. The summed E-state index contributed by atoms with van der Waals surface area (Å²) in [5, 5.41) is 0. The van der Waals surface area contributed by atoms with E-state index >= 15 is 0 Å². The molecule has 0 bridgehead atoms. The Morgan fingerprint density at radius 2 is 1.93 bits per heavy atom. The van der Waals surface area contributed by atoms with Gasteiger partial charge in [0.2, 0.25) is 0 Å². The zero-order valence-corrected chi connectivity index (χ0v) is 10.2. The number of hydrogen-bond acceptors (Lipinski definition) is 1. The molecule has 0 aromatic rings. The van der Waals surface area contributed by atoms with Crippen molar-refractivity contribution in [2.75, 3.05) is 0 Å². The number of ketones is 1. The van der Waals surface area contributed by atoms with E-state index < -0.39 is 0 Å². The number of unbranched alkanes of at least 4 members (excludes halogenated alkanes) is 3. The highest BCUT2D eigenvalue weighted by Crippen LogP contribution is 2.10. The van der Waals surface area contributed by atoms with Crippen LogP contribution >= 0.6 is 0 Å². The van der Waals surface area contributed by atoms with Crippen molar-refractivity contribution in [2.24, 2.45) is 0 Å². The van der Waals surface area contributed by atoms with Gasteiger partial charge in [-0.2, -0.15) is 0 Å².